The van der Waals surface area contributed by atoms with E-state index in [1.165, 1.54) is 45.3 Å². The Morgan fingerprint density at radius 3 is 2.21 bits per heavy atom. The number of piperidine rings is 1. The van der Waals surface area contributed by atoms with Crippen LogP contribution in [0.2, 0.25) is 0 Å². The van der Waals surface area contributed by atoms with E-state index >= 15 is 0 Å². The van der Waals surface area contributed by atoms with Gasteiger partial charge in [0.25, 0.3) is 0 Å². The normalized spacial score (nSPS) is 34.6. The van der Waals surface area contributed by atoms with Crippen molar-refractivity contribution >= 4 is 9.84 Å². The van der Waals surface area contributed by atoms with Crippen LogP contribution in [0.25, 0.3) is 0 Å². The lowest BCUT2D eigenvalue weighted by Crippen LogP contribution is -2.48. The second-order valence-corrected chi connectivity index (χ2v) is 8.72. The van der Waals surface area contributed by atoms with Gasteiger partial charge >= 0.3 is 0 Å². The van der Waals surface area contributed by atoms with Crippen LogP contribution in [0.15, 0.2) is 0 Å². The number of hydrogen-bond acceptors (Lipinski definition) is 4. The third-order valence-corrected chi connectivity index (χ3v) is 6.84. The van der Waals surface area contributed by atoms with Crippen molar-refractivity contribution in [2.24, 2.45) is 0 Å². The van der Waals surface area contributed by atoms with Gasteiger partial charge in [-0.15, -0.1) is 0 Å². The van der Waals surface area contributed by atoms with E-state index in [1.54, 1.807) is 0 Å². The monoisotopic (exact) mass is 286 g/mol. The Kier molecular flexibility index (Phi) is 4.15. The van der Waals surface area contributed by atoms with Gasteiger partial charge in [0.15, 0.2) is 0 Å². The molecule has 3 rings (SSSR count). The maximum atomic E-state index is 11.5. The molecule has 3 heterocycles. The van der Waals surface area contributed by atoms with Crippen molar-refractivity contribution in [1.29, 1.82) is 0 Å². The average Bonchev–Trinajstić information content (AvgIpc) is 2.60. The first-order chi connectivity index (χ1) is 9.14. The Morgan fingerprint density at radius 2 is 1.42 bits per heavy atom. The second kappa shape index (κ2) is 5.70. The topological polar surface area (TPSA) is 40.6 Å². The van der Waals surface area contributed by atoms with Gasteiger partial charge in [0.05, 0.1) is 11.5 Å². The van der Waals surface area contributed by atoms with Crippen LogP contribution >= 0.6 is 0 Å². The zero-order valence-corrected chi connectivity index (χ0v) is 12.6. The third kappa shape index (κ3) is 3.31. The summed E-state index contributed by atoms with van der Waals surface area (Å²) in [5.41, 5.74) is 0. The number of sulfone groups is 1. The first kappa shape index (κ1) is 13.8. The van der Waals surface area contributed by atoms with Crippen LogP contribution in [-0.2, 0) is 9.84 Å². The lowest BCUT2D eigenvalue weighted by Gasteiger charge is -2.38. The molecule has 0 saturated carbocycles. The summed E-state index contributed by atoms with van der Waals surface area (Å²) in [6.07, 6.45) is 7.03. The molecule has 0 aliphatic carbocycles. The lowest BCUT2D eigenvalue weighted by molar-refractivity contribution is 0.116. The first-order valence-electron chi connectivity index (χ1n) is 7.82. The molecule has 0 spiro atoms. The second-order valence-electron chi connectivity index (χ2n) is 6.42. The summed E-state index contributed by atoms with van der Waals surface area (Å²) >= 11 is 0. The first-order valence-corrected chi connectivity index (χ1v) is 9.65. The van der Waals surface area contributed by atoms with E-state index < -0.39 is 9.84 Å². The fourth-order valence-electron chi connectivity index (χ4n) is 3.97. The van der Waals surface area contributed by atoms with Crippen molar-refractivity contribution in [3.63, 3.8) is 0 Å². The Bertz CT molecular complexity index is 396. The molecule has 3 aliphatic heterocycles. The van der Waals surface area contributed by atoms with Crippen molar-refractivity contribution in [3.05, 3.63) is 0 Å². The molecule has 0 bridgehead atoms. The Balaban J connectivity index is 1.61. The largest absolute Gasteiger partial charge is 0.299 e. The van der Waals surface area contributed by atoms with Crippen LogP contribution in [0.4, 0.5) is 0 Å². The van der Waals surface area contributed by atoms with Gasteiger partial charge in [-0.25, -0.2) is 8.42 Å². The van der Waals surface area contributed by atoms with Gasteiger partial charge in [0.2, 0.25) is 0 Å². The molecular weight excluding hydrogens is 260 g/mol. The Morgan fingerprint density at radius 1 is 0.737 bits per heavy atom. The van der Waals surface area contributed by atoms with Gasteiger partial charge in [-0.1, -0.05) is 6.42 Å². The van der Waals surface area contributed by atoms with Gasteiger partial charge in [0.1, 0.15) is 9.84 Å². The van der Waals surface area contributed by atoms with Crippen molar-refractivity contribution in [2.45, 2.75) is 50.6 Å². The van der Waals surface area contributed by atoms with E-state index in [9.17, 15) is 8.42 Å². The predicted molar refractivity (Wildman–Crippen MR) is 77.1 cm³/mol. The molecule has 1 atom stereocenters. The lowest BCUT2D eigenvalue weighted by atomic mass is 10.0. The molecule has 0 aromatic rings. The standard InChI is InChI=1S/C14H26N2O2S/c17-19(18)10-5-13(6-11-19)16-9-3-8-15-7-2-1-4-14(15)12-16/h13-14H,1-12H2. The van der Waals surface area contributed by atoms with Crippen LogP contribution < -0.4 is 0 Å². The summed E-state index contributed by atoms with van der Waals surface area (Å²) in [6, 6.07) is 1.25. The highest BCUT2D eigenvalue weighted by Gasteiger charge is 2.33. The maximum Gasteiger partial charge on any atom is 0.150 e. The van der Waals surface area contributed by atoms with E-state index in [-0.39, 0.29) is 0 Å². The fraction of sp³-hybridized carbons (Fsp3) is 1.00. The van der Waals surface area contributed by atoms with E-state index in [0.29, 0.717) is 17.5 Å². The van der Waals surface area contributed by atoms with Gasteiger partial charge in [0, 0.05) is 18.6 Å². The summed E-state index contributed by atoms with van der Waals surface area (Å²) in [6.45, 7) is 4.85. The highest BCUT2D eigenvalue weighted by Crippen LogP contribution is 2.25. The Labute approximate surface area is 117 Å². The van der Waals surface area contributed by atoms with Crippen LogP contribution in [0.5, 0.6) is 0 Å². The molecule has 4 nitrogen and oxygen atoms in total. The number of hydrogen-bond donors (Lipinski definition) is 0. The highest BCUT2D eigenvalue weighted by molar-refractivity contribution is 7.91. The predicted octanol–water partition coefficient (Wildman–Crippen LogP) is 1.12. The molecule has 0 aromatic carbocycles. The number of rotatable bonds is 1. The zero-order valence-electron chi connectivity index (χ0n) is 11.8. The smallest absolute Gasteiger partial charge is 0.150 e. The molecule has 3 saturated heterocycles. The molecule has 0 radical (unpaired) electrons. The molecular formula is C14H26N2O2S. The minimum Gasteiger partial charge on any atom is -0.299 e. The van der Waals surface area contributed by atoms with Gasteiger partial charge in [-0.05, 0) is 51.7 Å². The molecule has 110 valence electrons. The molecule has 0 N–H and O–H groups in total. The SMILES string of the molecule is O=S1(=O)CCC(N2CCCN3CCCCC3C2)CC1. The van der Waals surface area contributed by atoms with Crippen LogP contribution in [0, 0.1) is 0 Å². The quantitative estimate of drug-likeness (QED) is 0.724. The van der Waals surface area contributed by atoms with Gasteiger partial charge in [-0.2, -0.15) is 0 Å². The molecule has 1 unspecified atom stereocenters. The zero-order chi connectivity index (χ0) is 13.3. The summed E-state index contributed by atoms with van der Waals surface area (Å²) in [5.74, 6) is 0.811. The van der Waals surface area contributed by atoms with Crippen LogP contribution in [0.3, 0.4) is 0 Å². The highest BCUT2D eigenvalue weighted by atomic mass is 32.2. The number of nitrogens with zero attached hydrogens (tertiary/aromatic N) is 2. The van der Waals surface area contributed by atoms with E-state index in [0.717, 1.165) is 25.4 Å². The maximum absolute atomic E-state index is 11.5. The van der Waals surface area contributed by atoms with Crippen molar-refractivity contribution in [1.82, 2.24) is 9.80 Å². The molecule has 3 fully saturated rings. The molecule has 3 aliphatic rings. The van der Waals surface area contributed by atoms with Gasteiger partial charge in [-0.3, -0.25) is 9.80 Å². The summed E-state index contributed by atoms with van der Waals surface area (Å²) in [5, 5.41) is 0. The van der Waals surface area contributed by atoms with Crippen molar-refractivity contribution < 1.29 is 8.42 Å². The third-order valence-electron chi connectivity index (χ3n) is 5.13. The molecule has 5 heteroatoms. The van der Waals surface area contributed by atoms with Crippen LogP contribution in [-0.4, -0.2) is 68.0 Å². The summed E-state index contributed by atoms with van der Waals surface area (Å²) in [4.78, 5) is 5.27. The van der Waals surface area contributed by atoms with Crippen molar-refractivity contribution in [3.8, 4) is 0 Å². The van der Waals surface area contributed by atoms with Crippen LogP contribution in [0.1, 0.15) is 38.5 Å². The minimum atomic E-state index is -2.72. The van der Waals surface area contributed by atoms with E-state index in [4.69, 9.17) is 0 Å². The molecule has 0 aromatic heterocycles. The Hall–Kier alpha value is -0.130. The number of fused-ring (bicyclic) bond motifs is 1. The molecule has 0 amide bonds. The van der Waals surface area contributed by atoms with E-state index in [2.05, 4.69) is 9.80 Å². The van der Waals surface area contributed by atoms with Crippen molar-refractivity contribution in [2.75, 3.05) is 37.7 Å². The minimum absolute atomic E-state index is 0.405. The molecule has 19 heavy (non-hydrogen) atoms. The fourth-order valence-corrected chi connectivity index (χ4v) is 5.44. The average molecular weight is 286 g/mol. The summed E-state index contributed by atoms with van der Waals surface area (Å²) < 4.78 is 23.1. The van der Waals surface area contributed by atoms with Gasteiger partial charge < -0.3 is 0 Å². The van der Waals surface area contributed by atoms with E-state index in [1.807, 2.05) is 0 Å². The summed E-state index contributed by atoms with van der Waals surface area (Å²) in [7, 11) is -2.72.